The summed E-state index contributed by atoms with van der Waals surface area (Å²) < 4.78 is 6.17. The number of benzene rings is 2. The van der Waals surface area contributed by atoms with E-state index in [2.05, 4.69) is 33.5 Å². The number of hydrogen-bond donors (Lipinski definition) is 1. The summed E-state index contributed by atoms with van der Waals surface area (Å²) in [5.41, 5.74) is 3.84. The van der Waals surface area contributed by atoms with Crippen molar-refractivity contribution in [1.29, 1.82) is 0 Å². The lowest BCUT2D eigenvalue weighted by atomic mass is 10.1. The maximum atomic E-state index is 11.0. The molecule has 0 aliphatic heterocycles. The van der Waals surface area contributed by atoms with Gasteiger partial charge in [0.1, 0.15) is 11.9 Å². The number of hydrogen-bond acceptors (Lipinski definition) is 2. The summed E-state index contributed by atoms with van der Waals surface area (Å²) in [4.78, 5) is 11.0. The molecular formula is C19H19O3P. The summed E-state index contributed by atoms with van der Waals surface area (Å²) in [7, 11) is 2.67. The maximum absolute atomic E-state index is 11.0. The van der Waals surface area contributed by atoms with Crippen LogP contribution in [0.25, 0.3) is 6.08 Å². The standard InChI is InChI=1S/C19H19O3P/c1-12(19(20)21)8-13-6-7-18(23)17(9-13)22-16-10-14-4-2-3-5-15(14)11-16/h2-9,16H,10-11,23H2,1H3,(H,20,21)/b12-8+. The van der Waals surface area contributed by atoms with Gasteiger partial charge in [-0.25, -0.2) is 4.79 Å². The van der Waals surface area contributed by atoms with E-state index < -0.39 is 5.97 Å². The van der Waals surface area contributed by atoms with Gasteiger partial charge in [-0.3, -0.25) is 0 Å². The molecule has 0 spiro atoms. The van der Waals surface area contributed by atoms with Gasteiger partial charge in [-0.15, -0.1) is 9.24 Å². The van der Waals surface area contributed by atoms with Gasteiger partial charge < -0.3 is 9.84 Å². The minimum atomic E-state index is -0.909. The van der Waals surface area contributed by atoms with Crippen LogP contribution >= 0.6 is 9.24 Å². The zero-order valence-corrected chi connectivity index (χ0v) is 14.1. The molecule has 0 bridgehead atoms. The fraction of sp³-hybridized carbons (Fsp3) is 0.211. The van der Waals surface area contributed by atoms with Gasteiger partial charge in [-0.2, -0.15) is 0 Å². The van der Waals surface area contributed by atoms with Crippen molar-refractivity contribution < 1.29 is 14.6 Å². The van der Waals surface area contributed by atoms with Crippen LogP contribution in [0, 0.1) is 0 Å². The van der Waals surface area contributed by atoms with Crippen LogP contribution in [0.1, 0.15) is 23.6 Å². The van der Waals surface area contributed by atoms with Crippen molar-refractivity contribution in [2.75, 3.05) is 0 Å². The van der Waals surface area contributed by atoms with E-state index in [0.717, 1.165) is 29.5 Å². The van der Waals surface area contributed by atoms with Crippen molar-refractivity contribution in [3.63, 3.8) is 0 Å². The molecule has 1 unspecified atom stereocenters. The normalized spacial score (nSPS) is 14.6. The van der Waals surface area contributed by atoms with Crippen molar-refractivity contribution >= 4 is 26.6 Å². The predicted molar refractivity (Wildman–Crippen MR) is 95.3 cm³/mol. The topological polar surface area (TPSA) is 46.5 Å². The van der Waals surface area contributed by atoms with Gasteiger partial charge in [0.15, 0.2) is 0 Å². The number of rotatable bonds is 4. The van der Waals surface area contributed by atoms with E-state index in [1.54, 1.807) is 13.0 Å². The molecule has 3 rings (SSSR count). The largest absolute Gasteiger partial charge is 0.489 e. The Kier molecular flexibility index (Phi) is 4.49. The Balaban J connectivity index is 1.79. The zero-order chi connectivity index (χ0) is 16.4. The second-order valence-electron chi connectivity index (χ2n) is 5.85. The number of aliphatic carboxylic acids is 1. The molecule has 4 heteroatoms. The van der Waals surface area contributed by atoms with Gasteiger partial charge in [-0.05, 0) is 35.8 Å². The summed E-state index contributed by atoms with van der Waals surface area (Å²) in [5, 5.41) is 9.97. The van der Waals surface area contributed by atoms with E-state index in [0.29, 0.717) is 5.57 Å². The highest BCUT2D eigenvalue weighted by molar-refractivity contribution is 7.27. The summed E-state index contributed by atoms with van der Waals surface area (Å²) in [6, 6.07) is 14.1. The monoisotopic (exact) mass is 326 g/mol. The van der Waals surface area contributed by atoms with Crippen molar-refractivity contribution in [1.82, 2.24) is 0 Å². The first-order chi connectivity index (χ1) is 11.0. The third-order valence-corrected chi connectivity index (χ3v) is 4.54. The fourth-order valence-corrected chi connectivity index (χ4v) is 3.08. The van der Waals surface area contributed by atoms with E-state index in [4.69, 9.17) is 9.84 Å². The Labute approximate surface area is 138 Å². The highest BCUT2D eigenvalue weighted by Crippen LogP contribution is 2.26. The van der Waals surface area contributed by atoms with Gasteiger partial charge in [-0.1, -0.05) is 36.4 Å². The van der Waals surface area contributed by atoms with E-state index in [9.17, 15) is 4.79 Å². The molecule has 2 aromatic carbocycles. The number of carboxylic acid groups (broad SMARTS) is 1. The molecule has 0 saturated heterocycles. The molecule has 2 aromatic rings. The van der Waals surface area contributed by atoms with Crippen LogP contribution in [0.15, 0.2) is 48.0 Å². The predicted octanol–water partition coefficient (Wildman–Crippen LogP) is 3.22. The SMILES string of the molecule is C/C(=C\c1ccc(P)c(OC2Cc3ccccc3C2)c1)C(=O)O. The Bertz CT molecular complexity index is 755. The second kappa shape index (κ2) is 6.55. The quantitative estimate of drug-likeness (QED) is 0.693. The Morgan fingerprint density at radius 1 is 1.22 bits per heavy atom. The highest BCUT2D eigenvalue weighted by atomic mass is 31.0. The zero-order valence-electron chi connectivity index (χ0n) is 13.0. The molecule has 3 nitrogen and oxygen atoms in total. The van der Waals surface area contributed by atoms with Gasteiger partial charge in [0.2, 0.25) is 0 Å². The van der Waals surface area contributed by atoms with Crippen molar-refractivity contribution in [3.8, 4) is 5.75 Å². The summed E-state index contributed by atoms with van der Waals surface area (Å²) in [6.45, 7) is 1.59. The van der Waals surface area contributed by atoms with Crippen molar-refractivity contribution in [3.05, 3.63) is 64.7 Å². The first-order valence-corrected chi connectivity index (χ1v) is 8.15. The van der Waals surface area contributed by atoms with Crippen LogP contribution in [-0.2, 0) is 17.6 Å². The Morgan fingerprint density at radius 3 is 2.48 bits per heavy atom. The minimum Gasteiger partial charge on any atom is -0.489 e. The molecule has 1 aliphatic rings. The van der Waals surface area contributed by atoms with Gasteiger partial charge in [0, 0.05) is 23.7 Å². The maximum Gasteiger partial charge on any atom is 0.331 e. The second-order valence-corrected chi connectivity index (χ2v) is 6.47. The van der Waals surface area contributed by atoms with Crippen molar-refractivity contribution in [2.45, 2.75) is 25.9 Å². The van der Waals surface area contributed by atoms with Crippen LogP contribution in [0.3, 0.4) is 0 Å². The van der Waals surface area contributed by atoms with Gasteiger partial charge in [0.25, 0.3) is 0 Å². The Morgan fingerprint density at radius 2 is 1.87 bits per heavy atom. The van der Waals surface area contributed by atoms with Crippen LogP contribution in [0.5, 0.6) is 5.75 Å². The average molecular weight is 326 g/mol. The molecule has 0 aromatic heterocycles. The number of ether oxygens (including phenoxy) is 1. The molecule has 0 radical (unpaired) electrons. The van der Waals surface area contributed by atoms with Crippen LogP contribution < -0.4 is 10.0 Å². The molecule has 1 aliphatic carbocycles. The first-order valence-electron chi connectivity index (χ1n) is 7.57. The van der Waals surface area contributed by atoms with Gasteiger partial charge >= 0.3 is 5.97 Å². The molecule has 23 heavy (non-hydrogen) atoms. The third-order valence-electron chi connectivity index (χ3n) is 4.07. The average Bonchev–Trinajstić information content (AvgIpc) is 2.92. The molecule has 118 valence electrons. The van der Waals surface area contributed by atoms with Crippen LogP contribution in [0.4, 0.5) is 0 Å². The molecule has 1 N–H and O–H groups in total. The van der Waals surface area contributed by atoms with E-state index in [1.807, 2.05) is 18.2 Å². The summed E-state index contributed by atoms with van der Waals surface area (Å²) in [6.07, 6.45) is 3.61. The number of carbonyl (C=O) groups is 1. The van der Waals surface area contributed by atoms with E-state index in [-0.39, 0.29) is 6.10 Å². The molecule has 0 amide bonds. The lowest BCUT2D eigenvalue weighted by Crippen LogP contribution is -2.19. The highest BCUT2D eigenvalue weighted by Gasteiger charge is 2.22. The van der Waals surface area contributed by atoms with Crippen LogP contribution in [0.2, 0.25) is 0 Å². The minimum absolute atomic E-state index is 0.131. The fourth-order valence-electron chi connectivity index (χ4n) is 2.84. The van der Waals surface area contributed by atoms with Gasteiger partial charge in [0.05, 0.1) is 0 Å². The molecule has 0 heterocycles. The Hall–Kier alpha value is -2.12. The lowest BCUT2D eigenvalue weighted by Gasteiger charge is -2.15. The molecule has 0 saturated carbocycles. The number of fused-ring (bicyclic) bond motifs is 1. The first kappa shape index (κ1) is 15.8. The number of carboxylic acids is 1. The smallest absolute Gasteiger partial charge is 0.331 e. The summed E-state index contributed by atoms with van der Waals surface area (Å²) in [5.74, 6) is -0.117. The van der Waals surface area contributed by atoms with Crippen LogP contribution in [-0.4, -0.2) is 17.2 Å². The third kappa shape index (κ3) is 3.62. The molecule has 1 atom stereocenters. The molecule has 0 fully saturated rings. The van der Waals surface area contributed by atoms with E-state index >= 15 is 0 Å². The summed E-state index contributed by atoms with van der Waals surface area (Å²) >= 11 is 0. The lowest BCUT2D eigenvalue weighted by molar-refractivity contribution is -0.132. The van der Waals surface area contributed by atoms with Crippen molar-refractivity contribution in [2.24, 2.45) is 0 Å². The molecular weight excluding hydrogens is 307 g/mol. The van der Waals surface area contributed by atoms with E-state index in [1.165, 1.54) is 11.1 Å².